The lowest BCUT2D eigenvalue weighted by atomic mass is 9.80. The minimum absolute atomic E-state index is 0.0538. The van der Waals surface area contributed by atoms with E-state index in [-0.39, 0.29) is 35.5 Å². The number of halogens is 6. The molecule has 0 bridgehead atoms. The fourth-order valence-electron chi connectivity index (χ4n) is 9.83. The van der Waals surface area contributed by atoms with Crippen LogP contribution in [0.15, 0.2) is 84.9 Å². The van der Waals surface area contributed by atoms with Crippen molar-refractivity contribution in [3.8, 4) is 33.9 Å². The van der Waals surface area contributed by atoms with E-state index in [0.29, 0.717) is 85.5 Å². The Morgan fingerprint density at radius 1 is 0.461 bits per heavy atom. The van der Waals surface area contributed by atoms with Gasteiger partial charge in [-0.15, -0.1) is 0 Å². The predicted octanol–water partition coefficient (Wildman–Crippen LogP) is 14.8. The molecule has 18 heteroatoms. The van der Waals surface area contributed by atoms with Crippen LogP contribution >= 0.6 is 69.6 Å². The van der Waals surface area contributed by atoms with Gasteiger partial charge < -0.3 is 21.3 Å². The van der Waals surface area contributed by atoms with E-state index in [1.54, 1.807) is 70.0 Å². The van der Waals surface area contributed by atoms with Crippen molar-refractivity contribution in [3.05, 3.63) is 138 Å². The summed E-state index contributed by atoms with van der Waals surface area (Å²) in [4.78, 5) is 53.0. The molecule has 4 N–H and O–H groups in total. The Hall–Kier alpha value is -5.08. The standard InChI is InChI=1S/C58H66Cl6N8O4/c1-37-51(69-71(49-28-26-45(61)35-47(49)63)53(37)39-18-22-43(59)23-19-39)57(75)67-32-13-9-5-3-7-11-30-65-55(73)41-16-15-17-42(34-41)56(74)66-31-12-8-4-6-10-14-33-68-58(76)52-38(2)54(40-20-24-44(60)25-21-40)72(70-52)50-29-27-46(62)36-48(50)64/h18-29,35-36,41-42H,3-17,30-34H2,1-2H3,(H,65,73)(H,66,74)(H,67,75)(H,68,76)/t41-,42-/m1/s1. The highest BCUT2D eigenvalue weighted by Crippen LogP contribution is 2.36. The molecule has 2 atom stereocenters. The zero-order chi connectivity index (χ0) is 54.1. The summed E-state index contributed by atoms with van der Waals surface area (Å²) < 4.78 is 3.37. The molecule has 0 saturated heterocycles. The number of carbonyl (C=O) groups excluding carboxylic acids is 4. The number of carbonyl (C=O) groups is 4. The number of aromatic nitrogens is 4. The quantitative estimate of drug-likeness (QED) is 0.0397. The summed E-state index contributed by atoms with van der Waals surface area (Å²) in [6.45, 7) is 6.07. The second-order valence-electron chi connectivity index (χ2n) is 19.6. The van der Waals surface area contributed by atoms with E-state index in [9.17, 15) is 19.2 Å². The molecule has 0 radical (unpaired) electrons. The Morgan fingerprint density at radius 2 is 0.789 bits per heavy atom. The molecule has 4 amide bonds. The zero-order valence-corrected chi connectivity index (χ0v) is 47.6. The van der Waals surface area contributed by atoms with Crippen molar-refractivity contribution in [3.63, 3.8) is 0 Å². The number of hydrogen-bond acceptors (Lipinski definition) is 6. The number of nitrogens with zero attached hydrogens (tertiary/aromatic N) is 4. The van der Waals surface area contributed by atoms with E-state index in [0.717, 1.165) is 130 Å². The first-order chi connectivity index (χ1) is 36.7. The molecule has 0 aliphatic heterocycles. The Kier molecular flexibility index (Phi) is 22.4. The van der Waals surface area contributed by atoms with Crippen LogP contribution in [-0.2, 0) is 9.59 Å². The largest absolute Gasteiger partial charge is 0.356 e. The fourth-order valence-corrected chi connectivity index (χ4v) is 11.1. The average molecular weight is 1150 g/mol. The monoisotopic (exact) mass is 1150 g/mol. The topological polar surface area (TPSA) is 152 Å². The van der Waals surface area contributed by atoms with Crippen LogP contribution in [-0.4, -0.2) is 69.4 Å². The summed E-state index contributed by atoms with van der Waals surface area (Å²) in [7, 11) is 0. The van der Waals surface area contributed by atoms with Crippen molar-refractivity contribution in [2.45, 2.75) is 117 Å². The SMILES string of the molecule is Cc1c(C(=O)NCCCCCCCCNC(=O)[C@@H]2CCC[C@@H](C(=O)NCCCCCCCCNC(=O)c3nn(-c4ccc(Cl)cc4Cl)c(-c4ccc(Cl)cc4)c3C)C2)nn(-c2ccc(Cl)cc2Cl)c1-c1ccc(Cl)cc1. The average Bonchev–Trinajstić information content (AvgIpc) is 4.02. The summed E-state index contributed by atoms with van der Waals surface area (Å²) in [6, 6.07) is 25.1. The van der Waals surface area contributed by atoms with E-state index in [4.69, 9.17) is 79.8 Å². The lowest BCUT2D eigenvalue weighted by Crippen LogP contribution is -2.39. The second kappa shape index (κ2) is 29.1. The van der Waals surface area contributed by atoms with Gasteiger partial charge in [-0.1, -0.05) is 152 Å². The van der Waals surface area contributed by atoms with Gasteiger partial charge in [-0.3, -0.25) is 19.2 Å². The molecule has 2 aromatic heterocycles. The van der Waals surface area contributed by atoms with E-state index < -0.39 is 0 Å². The van der Waals surface area contributed by atoms with Crippen molar-refractivity contribution in [1.29, 1.82) is 0 Å². The maximum atomic E-state index is 13.4. The van der Waals surface area contributed by atoms with E-state index in [1.807, 2.05) is 38.1 Å². The molecular formula is C58H66Cl6N8O4. The van der Waals surface area contributed by atoms with Gasteiger partial charge in [0, 0.05) is 80.4 Å². The molecule has 0 spiro atoms. The molecule has 4 aromatic carbocycles. The van der Waals surface area contributed by atoms with Crippen molar-refractivity contribution >= 4 is 93.2 Å². The van der Waals surface area contributed by atoms with Gasteiger partial charge in [0.15, 0.2) is 11.4 Å². The van der Waals surface area contributed by atoms with Crippen LogP contribution in [0.3, 0.4) is 0 Å². The molecule has 1 aliphatic carbocycles. The van der Waals surface area contributed by atoms with Crippen LogP contribution in [0.2, 0.25) is 30.1 Å². The van der Waals surface area contributed by atoms with Crippen molar-refractivity contribution in [2.24, 2.45) is 11.8 Å². The van der Waals surface area contributed by atoms with Crippen molar-refractivity contribution < 1.29 is 19.2 Å². The summed E-state index contributed by atoms with van der Waals surface area (Å²) >= 11 is 37.9. The van der Waals surface area contributed by atoms with Gasteiger partial charge in [-0.2, -0.15) is 10.2 Å². The van der Waals surface area contributed by atoms with Gasteiger partial charge in [0.25, 0.3) is 11.8 Å². The van der Waals surface area contributed by atoms with Crippen molar-refractivity contribution in [2.75, 3.05) is 26.2 Å². The Labute approximate surface area is 476 Å². The van der Waals surface area contributed by atoms with Gasteiger partial charge in [0.1, 0.15) is 0 Å². The Bertz CT molecular complexity index is 2750. The van der Waals surface area contributed by atoms with E-state index in [2.05, 4.69) is 21.3 Å². The molecule has 2 heterocycles. The van der Waals surface area contributed by atoms with Crippen LogP contribution in [0.5, 0.6) is 0 Å². The smallest absolute Gasteiger partial charge is 0.272 e. The van der Waals surface area contributed by atoms with Gasteiger partial charge in [0.2, 0.25) is 11.8 Å². The molecule has 76 heavy (non-hydrogen) atoms. The summed E-state index contributed by atoms with van der Waals surface area (Å²) in [6.07, 6.45) is 14.6. The van der Waals surface area contributed by atoms with Gasteiger partial charge >= 0.3 is 0 Å². The molecule has 1 aliphatic rings. The number of rotatable bonds is 26. The van der Waals surface area contributed by atoms with E-state index >= 15 is 0 Å². The zero-order valence-electron chi connectivity index (χ0n) is 43.1. The molecule has 12 nitrogen and oxygen atoms in total. The minimum Gasteiger partial charge on any atom is -0.356 e. The third-order valence-electron chi connectivity index (χ3n) is 14.0. The molecule has 6 aromatic rings. The predicted molar refractivity (Wildman–Crippen MR) is 309 cm³/mol. The maximum absolute atomic E-state index is 13.4. The normalized spacial score (nSPS) is 14.4. The number of hydrogen-bond donors (Lipinski definition) is 4. The fraction of sp³-hybridized carbons (Fsp3) is 0.414. The summed E-state index contributed by atoms with van der Waals surface area (Å²) in [5.41, 5.74) is 6.50. The summed E-state index contributed by atoms with van der Waals surface area (Å²) in [5, 5.41) is 24.8. The highest BCUT2D eigenvalue weighted by Gasteiger charge is 2.31. The Morgan fingerprint density at radius 3 is 1.14 bits per heavy atom. The maximum Gasteiger partial charge on any atom is 0.272 e. The number of amides is 4. The first-order valence-corrected chi connectivity index (χ1v) is 28.7. The first-order valence-electron chi connectivity index (χ1n) is 26.4. The van der Waals surface area contributed by atoms with Crippen LogP contribution in [0, 0.1) is 25.7 Å². The first kappa shape index (κ1) is 58.6. The van der Waals surface area contributed by atoms with Crippen LogP contribution in [0.25, 0.3) is 33.9 Å². The third kappa shape index (κ3) is 16.0. The number of nitrogens with one attached hydrogen (secondary N) is 4. The number of unbranched alkanes of at least 4 members (excludes halogenated alkanes) is 10. The van der Waals surface area contributed by atoms with Gasteiger partial charge in [0.05, 0.1) is 32.8 Å². The van der Waals surface area contributed by atoms with Crippen LogP contribution in [0.1, 0.15) is 135 Å². The van der Waals surface area contributed by atoms with Gasteiger partial charge in [-0.25, -0.2) is 9.36 Å². The highest BCUT2D eigenvalue weighted by atomic mass is 35.5. The highest BCUT2D eigenvalue weighted by molar-refractivity contribution is 6.36. The molecule has 7 rings (SSSR count). The Balaban J connectivity index is 0.716. The molecule has 1 saturated carbocycles. The molecular weight excluding hydrogens is 1090 g/mol. The van der Waals surface area contributed by atoms with Crippen LogP contribution < -0.4 is 21.3 Å². The van der Waals surface area contributed by atoms with E-state index in [1.165, 1.54) is 0 Å². The molecule has 0 unspecified atom stereocenters. The molecule has 1 fully saturated rings. The second-order valence-corrected chi connectivity index (χ2v) is 22.1. The van der Waals surface area contributed by atoms with Crippen molar-refractivity contribution in [1.82, 2.24) is 40.8 Å². The lowest BCUT2D eigenvalue weighted by Gasteiger charge is -2.27. The summed E-state index contributed by atoms with van der Waals surface area (Å²) in [5.74, 6) is -0.663. The van der Waals surface area contributed by atoms with Gasteiger partial charge in [-0.05, 0) is 119 Å². The number of benzene rings is 4. The third-order valence-corrected chi connectivity index (χ3v) is 15.6. The minimum atomic E-state index is -0.249. The van der Waals surface area contributed by atoms with Crippen LogP contribution in [0.4, 0.5) is 0 Å². The molecule has 404 valence electrons. The lowest BCUT2D eigenvalue weighted by molar-refractivity contribution is -0.130.